The van der Waals surface area contributed by atoms with E-state index in [1.807, 2.05) is 94.8 Å². The van der Waals surface area contributed by atoms with Gasteiger partial charge in [0.1, 0.15) is 12.4 Å². The van der Waals surface area contributed by atoms with Crippen molar-refractivity contribution in [2.75, 3.05) is 13.6 Å². The molecule has 0 saturated carbocycles. The fourth-order valence-electron chi connectivity index (χ4n) is 5.02. The molecule has 198 valence electrons. The van der Waals surface area contributed by atoms with Crippen molar-refractivity contribution in [2.45, 2.75) is 48.1 Å². The van der Waals surface area contributed by atoms with Crippen molar-refractivity contribution in [2.24, 2.45) is 17.0 Å². The van der Waals surface area contributed by atoms with Crippen molar-refractivity contribution in [3.63, 3.8) is 0 Å². The number of hydrogen-bond donors (Lipinski definition) is 1. The van der Waals surface area contributed by atoms with Crippen LogP contribution >= 0.6 is 0 Å². The van der Waals surface area contributed by atoms with Gasteiger partial charge in [-0.3, -0.25) is 4.79 Å². The van der Waals surface area contributed by atoms with Gasteiger partial charge >= 0.3 is 11.7 Å². The Morgan fingerprint density at radius 2 is 1.39 bits per heavy atom. The highest BCUT2D eigenvalue weighted by molar-refractivity contribution is 6.19. The molecule has 4 rings (SSSR count). The topological polar surface area (TPSA) is 77.3 Å². The van der Waals surface area contributed by atoms with Gasteiger partial charge in [0.25, 0.3) is 5.88 Å². The first-order valence-corrected chi connectivity index (χ1v) is 12.9. The zero-order chi connectivity index (χ0) is 27.7. The van der Waals surface area contributed by atoms with Crippen LogP contribution in [0.15, 0.2) is 104 Å². The fraction of sp³-hybridized carbons (Fsp3) is 0.333. The molecule has 3 aliphatic rings. The van der Waals surface area contributed by atoms with E-state index in [1.165, 1.54) is 0 Å². The second-order valence-corrected chi connectivity index (χ2v) is 9.81. The normalized spacial score (nSPS) is 18.9. The molecule has 8 nitrogen and oxygen atoms in total. The zero-order valence-electron chi connectivity index (χ0n) is 23.6. The number of amides is 1. The molecule has 0 atom stereocenters. The second-order valence-electron chi connectivity index (χ2n) is 9.81. The summed E-state index contributed by atoms with van der Waals surface area (Å²) in [5.74, 6) is 0.953. The van der Waals surface area contributed by atoms with E-state index in [-0.39, 0.29) is 11.8 Å². The average molecular weight is 514 g/mol. The highest BCUT2D eigenvalue weighted by atomic mass is 16.3. The van der Waals surface area contributed by atoms with Crippen LogP contribution in [0.4, 0.5) is 0 Å². The van der Waals surface area contributed by atoms with Crippen LogP contribution in [0.5, 0.6) is 0 Å². The van der Waals surface area contributed by atoms with Crippen molar-refractivity contribution in [1.82, 2.24) is 14.4 Å². The minimum atomic E-state index is -0.255. The van der Waals surface area contributed by atoms with Gasteiger partial charge in [-0.05, 0) is 99.3 Å². The molecule has 0 bridgehead atoms. The lowest BCUT2D eigenvalue weighted by atomic mass is 9.87. The third kappa shape index (κ3) is 4.98. The maximum Gasteiger partial charge on any atom is 0.360 e. The quantitative estimate of drug-likeness (QED) is 0.460. The molecule has 8 heteroatoms. The van der Waals surface area contributed by atoms with Crippen LogP contribution in [-0.4, -0.2) is 50.4 Å². The van der Waals surface area contributed by atoms with Gasteiger partial charge in [-0.1, -0.05) is 0 Å². The Hall–Kier alpha value is -4.20. The SMILES string of the molecule is CCN1C=CN(C)/C1=C(\O)N=C1C(C)=CC(=C2C=C(C)C(=NC(=O)c3n(CC)cc[n+]3C)C(C)=C2)C=C1C. The molecule has 38 heavy (non-hydrogen) atoms. The van der Waals surface area contributed by atoms with Crippen LogP contribution in [0, 0.1) is 0 Å². The summed E-state index contributed by atoms with van der Waals surface area (Å²) < 4.78 is 3.71. The molecule has 2 aliphatic carbocycles. The number of allylic oxidation sites excluding steroid dienone is 10. The monoisotopic (exact) mass is 513 g/mol. The summed E-state index contributed by atoms with van der Waals surface area (Å²) in [7, 11) is 3.75. The molecule has 1 N–H and O–H groups in total. The van der Waals surface area contributed by atoms with Crippen LogP contribution < -0.4 is 4.57 Å². The zero-order valence-corrected chi connectivity index (χ0v) is 23.6. The number of carbonyl (C=O) groups is 1. The lowest BCUT2D eigenvalue weighted by molar-refractivity contribution is -0.672. The molecule has 1 aliphatic heterocycles. The molecule has 0 spiro atoms. The van der Waals surface area contributed by atoms with Gasteiger partial charge in [0.15, 0.2) is 5.82 Å². The smallest absolute Gasteiger partial charge is 0.360 e. The number of aryl methyl sites for hydroxylation is 2. The number of imidazole rings is 1. The van der Waals surface area contributed by atoms with Crippen molar-refractivity contribution in [1.29, 1.82) is 0 Å². The Bertz CT molecular complexity index is 1420. The standard InChI is InChI=1S/C30H36N6O2/c1-9-35-13-11-33(7)29(35)27(37)31-25-19(3)15-23(16-20(25)4)24-17-21(5)26(22(6)18-24)32-28(38)30-34(8)12-14-36(30)10-2/h11-18H,9-10H2,1-8H3/p+1/b24-23?,29-27+,31-25?,32-26?. The maximum atomic E-state index is 13.1. The van der Waals surface area contributed by atoms with E-state index in [1.54, 1.807) is 4.57 Å². The van der Waals surface area contributed by atoms with Crippen LogP contribution in [0.1, 0.15) is 52.2 Å². The first-order chi connectivity index (χ1) is 18.0. The average Bonchev–Trinajstić information content (AvgIpc) is 3.44. The number of nitrogens with zero attached hydrogens (tertiary/aromatic N) is 6. The molecule has 0 aromatic carbocycles. The van der Waals surface area contributed by atoms with E-state index >= 15 is 0 Å². The molecule has 2 heterocycles. The highest BCUT2D eigenvalue weighted by Crippen LogP contribution is 2.29. The van der Waals surface area contributed by atoms with Crippen molar-refractivity contribution in [3.8, 4) is 0 Å². The number of hydrogen-bond acceptors (Lipinski definition) is 5. The summed E-state index contributed by atoms with van der Waals surface area (Å²) in [4.78, 5) is 26.0. The van der Waals surface area contributed by atoms with E-state index in [2.05, 4.69) is 34.3 Å². The van der Waals surface area contributed by atoms with Crippen molar-refractivity contribution >= 4 is 17.3 Å². The van der Waals surface area contributed by atoms with E-state index in [9.17, 15) is 9.90 Å². The summed E-state index contributed by atoms with van der Waals surface area (Å²) in [5, 5.41) is 10.9. The molecular formula is C30H37N6O2+. The van der Waals surface area contributed by atoms with Crippen molar-refractivity contribution in [3.05, 3.63) is 100 Å². The number of rotatable bonds is 4. The summed E-state index contributed by atoms with van der Waals surface area (Å²) in [6, 6.07) is 0. The molecular weight excluding hydrogens is 476 g/mol. The van der Waals surface area contributed by atoms with Gasteiger partial charge in [-0.25, -0.2) is 19.1 Å². The van der Waals surface area contributed by atoms with Gasteiger partial charge in [0.05, 0.1) is 25.0 Å². The maximum absolute atomic E-state index is 13.1. The first kappa shape index (κ1) is 26.9. The third-order valence-corrected chi connectivity index (χ3v) is 6.97. The van der Waals surface area contributed by atoms with Crippen LogP contribution in [0.25, 0.3) is 0 Å². The van der Waals surface area contributed by atoms with Crippen LogP contribution in [-0.2, 0) is 13.6 Å². The Morgan fingerprint density at radius 3 is 1.89 bits per heavy atom. The van der Waals surface area contributed by atoms with E-state index in [0.29, 0.717) is 23.9 Å². The molecule has 1 amide bonds. The van der Waals surface area contributed by atoms with Gasteiger partial charge in [0, 0.05) is 26.0 Å². The summed E-state index contributed by atoms with van der Waals surface area (Å²) in [6.45, 7) is 13.5. The lowest BCUT2D eigenvalue weighted by Crippen LogP contribution is -2.35. The fourth-order valence-corrected chi connectivity index (χ4v) is 5.02. The molecule has 1 aromatic rings. The Morgan fingerprint density at radius 1 is 0.868 bits per heavy atom. The molecule has 0 radical (unpaired) electrons. The molecule has 0 unspecified atom stereocenters. The number of carbonyl (C=O) groups excluding carboxylic acids is 1. The molecule has 0 fully saturated rings. The summed E-state index contributed by atoms with van der Waals surface area (Å²) in [5.41, 5.74) is 7.37. The first-order valence-electron chi connectivity index (χ1n) is 12.9. The minimum Gasteiger partial charge on any atom is -0.491 e. The number of aromatic nitrogens is 2. The van der Waals surface area contributed by atoms with Crippen molar-refractivity contribution < 1.29 is 14.5 Å². The van der Waals surface area contributed by atoms with Crippen LogP contribution in [0.2, 0.25) is 0 Å². The summed E-state index contributed by atoms with van der Waals surface area (Å²) in [6.07, 6.45) is 15.9. The van der Waals surface area contributed by atoms with E-state index < -0.39 is 0 Å². The van der Waals surface area contributed by atoms with Gasteiger partial charge in [-0.15, -0.1) is 0 Å². The van der Waals surface area contributed by atoms with Gasteiger partial charge in [0.2, 0.25) is 0 Å². The number of aliphatic hydroxyl groups excluding tert-OH is 1. The third-order valence-electron chi connectivity index (χ3n) is 6.97. The predicted octanol–water partition coefficient (Wildman–Crippen LogP) is 4.89. The Kier molecular flexibility index (Phi) is 7.53. The van der Waals surface area contributed by atoms with E-state index in [4.69, 9.17) is 0 Å². The molecule has 0 saturated heterocycles. The second kappa shape index (κ2) is 10.7. The largest absolute Gasteiger partial charge is 0.491 e. The predicted molar refractivity (Wildman–Crippen MR) is 151 cm³/mol. The Labute approximate surface area is 225 Å². The van der Waals surface area contributed by atoms with Gasteiger partial charge in [-0.2, -0.15) is 0 Å². The number of aliphatic imine (C=N–C) groups is 2. The minimum absolute atomic E-state index is 0.0109. The Balaban J connectivity index is 1.66. The highest BCUT2D eigenvalue weighted by Gasteiger charge is 2.25. The van der Waals surface area contributed by atoms with Crippen LogP contribution in [0.3, 0.4) is 0 Å². The summed E-state index contributed by atoms with van der Waals surface area (Å²) >= 11 is 0. The van der Waals surface area contributed by atoms with Gasteiger partial charge < -0.3 is 14.9 Å². The number of aliphatic hydroxyl groups is 1. The lowest BCUT2D eigenvalue weighted by Gasteiger charge is -2.22. The molecule has 1 aromatic heterocycles. The van der Waals surface area contributed by atoms with E-state index in [0.717, 1.165) is 45.7 Å².